The Kier molecular flexibility index (Phi) is 8.02. The average molecular weight is 239 g/mol. The van der Waals surface area contributed by atoms with Gasteiger partial charge in [0.15, 0.2) is 0 Å². The topological polar surface area (TPSA) is 64.3 Å². The van der Waals surface area contributed by atoms with Gasteiger partial charge in [0.25, 0.3) is 0 Å². The molecule has 0 spiro atoms. The van der Waals surface area contributed by atoms with E-state index in [4.69, 9.17) is 10.5 Å². The molecule has 0 aliphatic heterocycles. The molecular weight excluding hydrogens is 216 g/mol. The summed E-state index contributed by atoms with van der Waals surface area (Å²) in [5.74, 6) is -0.187. The normalized spacial score (nSPS) is 15.1. The first-order valence-electron chi connectivity index (χ1n) is 4.88. The smallest absolute Gasteiger partial charge is 0.224 e. The highest BCUT2D eigenvalue weighted by Crippen LogP contribution is 2.06. The molecule has 0 aromatic rings. The number of halogens is 1. The summed E-state index contributed by atoms with van der Waals surface area (Å²) in [5, 5.41) is 2.81. The van der Waals surface area contributed by atoms with E-state index in [1.54, 1.807) is 7.11 Å². The fourth-order valence-electron chi connectivity index (χ4n) is 0.772. The van der Waals surface area contributed by atoms with Crippen molar-refractivity contribution in [2.75, 3.05) is 13.7 Å². The second-order valence-corrected chi connectivity index (χ2v) is 4.33. The first-order chi connectivity index (χ1) is 6.30. The van der Waals surface area contributed by atoms with Gasteiger partial charge in [0.05, 0.1) is 5.60 Å². The van der Waals surface area contributed by atoms with Crippen LogP contribution in [0.2, 0.25) is 0 Å². The highest BCUT2D eigenvalue weighted by molar-refractivity contribution is 5.85. The number of carbonyl (C=O) groups excluding carboxylic acids is 1. The predicted octanol–water partition coefficient (Wildman–Crippen LogP) is 0.933. The number of ether oxygens (including phenoxy) is 1. The van der Waals surface area contributed by atoms with E-state index in [9.17, 15) is 4.79 Å². The number of carbonyl (C=O) groups is 1. The van der Waals surface area contributed by atoms with Gasteiger partial charge in [0, 0.05) is 25.6 Å². The summed E-state index contributed by atoms with van der Waals surface area (Å²) >= 11 is 0. The summed E-state index contributed by atoms with van der Waals surface area (Å²) < 4.78 is 5.18. The minimum atomic E-state index is -0.326. The van der Waals surface area contributed by atoms with Gasteiger partial charge in [-0.05, 0) is 20.8 Å². The summed E-state index contributed by atoms with van der Waals surface area (Å²) in [6.45, 7) is 7.98. The summed E-state index contributed by atoms with van der Waals surface area (Å²) in [5.41, 5.74) is 5.29. The van der Waals surface area contributed by atoms with Crippen molar-refractivity contribution in [1.82, 2.24) is 5.32 Å². The van der Waals surface area contributed by atoms with E-state index in [2.05, 4.69) is 5.32 Å². The average Bonchev–Trinajstić information content (AvgIpc) is 2.13. The van der Waals surface area contributed by atoms with E-state index >= 15 is 0 Å². The summed E-state index contributed by atoms with van der Waals surface area (Å²) in [7, 11) is 1.63. The third-order valence-electron chi connectivity index (χ3n) is 2.44. The zero-order valence-electron chi connectivity index (χ0n) is 10.2. The van der Waals surface area contributed by atoms with Gasteiger partial charge >= 0.3 is 0 Å². The third kappa shape index (κ3) is 6.71. The maximum absolute atomic E-state index is 11.5. The molecule has 2 atom stereocenters. The van der Waals surface area contributed by atoms with Gasteiger partial charge in [-0.25, -0.2) is 0 Å². The van der Waals surface area contributed by atoms with Gasteiger partial charge in [-0.2, -0.15) is 0 Å². The van der Waals surface area contributed by atoms with Crippen LogP contribution >= 0.6 is 12.4 Å². The maximum Gasteiger partial charge on any atom is 0.224 e. The van der Waals surface area contributed by atoms with Crippen LogP contribution in [0.25, 0.3) is 0 Å². The molecule has 4 nitrogen and oxygen atoms in total. The van der Waals surface area contributed by atoms with Gasteiger partial charge in [-0.15, -0.1) is 12.4 Å². The molecule has 5 heteroatoms. The van der Waals surface area contributed by atoms with Crippen molar-refractivity contribution in [2.45, 2.75) is 39.3 Å². The Morgan fingerprint density at radius 3 is 2.27 bits per heavy atom. The fraction of sp³-hybridized carbons (Fsp3) is 0.900. The molecule has 0 bridgehead atoms. The molecular formula is C10H23ClN2O2. The standard InChI is InChI=1S/C10H22N2O2.ClH/c1-7(8(2)11)9(13)12-6-10(3,4)14-5;/h7-8H,6,11H2,1-5H3,(H,12,13);1H. The Hall–Kier alpha value is -0.320. The Bertz CT molecular complexity index is 196. The molecule has 0 aliphatic carbocycles. The van der Waals surface area contributed by atoms with Crippen LogP contribution in [0.1, 0.15) is 27.7 Å². The van der Waals surface area contributed by atoms with E-state index in [1.807, 2.05) is 27.7 Å². The van der Waals surface area contributed by atoms with Crippen LogP contribution in [0.4, 0.5) is 0 Å². The predicted molar refractivity (Wildman–Crippen MR) is 64.2 cm³/mol. The highest BCUT2D eigenvalue weighted by Gasteiger charge is 2.21. The lowest BCUT2D eigenvalue weighted by molar-refractivity contribution is -0.126. The Morgan fingerprint density at radius 1 is 1.47 bits per heavy atom. The zero-order chi connectivity index (χ0) is 11.4. The molecule has 0 aromatic heterocycles. The van der Waals surface area contributed by atoms with Crippen molar-refractivity contribution >= 4 is 18.3 Å². The Morgan fingerprint density at radius 2 is 1.93 bits per heavy atom. The fourth-order valence-corrected chi connectivity index (χ4v) is 0.772. The first kappa shape index (κ1) is 17.1. The minimum Gasteiger partial charge on any atom is -0.377 e. The number of methoxy groups -OCH3 is 1. The lowest BCUT2D eigenvalue weighted by Crippen LogP contribution is -2.45. The lowest BCUT2D eigenvalue weighted by atomic mass is 10.0. The zero-order valence-corrected chi connectivity index (χ0v) is 11.0. The Balaban J connectivity index is 0. The van der Waals surface area contributed by atoms with Crippen LogP contribution in [0, 0.1) is 5.92 Å². The number of hydrogen-bond donors (Lipinski definition) is 2. The highest BCUT2D eigenvalue weighted by atomic mass is 35.5. The number of rotatable bonds is 5. The van der Waals surface area contributed by atoms with Gasteiger partial charge in [0.1, 0.15) is 0 Å². The van der Waals surface area contributed by atoms with Crippen molar-refractivity contribution in [3.05, 3.63) is 0 Å². The molecule has 0 rings (SSSR count). The van der Waals surface area contributed by atoms with E-state index in [-0.39, 0.29) is 35.9 Å². The van der Waals surface area contributed by atoms with E-state index in [1.165, 1.54) is 0 Å². The molecule has 0 aliphatic rings. The third-order valence-corrected chi connectivity index (χ3v) is 2.44. The van der Waals surface area contributed by atoms with Crippen LogP contribution in [-0.2, 0) is 9.53 Å². The van der Waals surface area contributed by atoms with Gasteiger partial charge in [0.2, 0.25) is 5.91 Å². The minimum absolute atomic E-state index is 0. The number of nitrogens with two attached hydrogens (primary N) is 1. The molecule has 0 saturated carbocycles. The summed E-state index contributed by atoms with van der Waals surface area (Å²) in [6, 6.07) is -0.124. The van der Waals surface area contributed by atoms with Crippen molar-refractivity contribution in [3.63, 3.8) is 0 Å². The van der Waals surface area contributed by atoms with Crippen molar-refractivity contribution in [1.29, 1.82) is 0 Å². The molecule has 3 N–H and O–H groups in total. The second kappa shape index (κ2) is 7.04. The number of amides is 1. The lowest BCUT2D eigenvalue weighted by Gasteiger charge is -2.24. The van der Waals surface area contributed by atoms with Gasteiger partial charge in [-0.1, -0.05) is 6.92 Å². The van der Waals surface area contributed by atoms with Crippen molar-refractivity contribution in [3.8, 4) is 0 Å². The van der Waals surface area contributed by atoms with Crippen LogP contribution in [0.5, 0.6) is 0 Å². The maximum atomic E-state index is 11.5. The molecule has 0 radical (unpaired) electrons. The molecule has 0 saturated heterocycles. The van der Waals surface area contributed by atoms with Gasteiger partial charge in [-0.3, -0.25) is 4.79 Å². The quantitative estimate of drug-likeness (QED) is 0.749. The van der Waals surface area contributed by atoms with E-state index < -0.39 is 0 Å². The molecule has 2 unspecified atom stereocenters. The van der Waals surface area contributed by atoms with Crippen LogP contribution in [0.15, 0.2) is 0 Å². The van der Waals surface area contributed by atoms with Crippen LogP contribution in [-0.4, -0.2) is 31.2 Å². The van der Waals surface area contributed by atoms with Gasteiger partial charge < -0.3 is 15.8 Å². The van der Waals surface area contributed by atoms with E-state index in [0.29, 0.717) is 6.54 Å². The first-order valence-corrected chi connectivity index (χ1v) is 4.88. The van der Waals surface area contributed by atoms with Crippen LogP contribution < -0.4 is 11.1 Å². The Labute approximate surface area is 98.3 Å². The molecule has 0 fully saturated rings. The largest absolute Gasteiger partial charge is 0.377 e. The molecule has 92 valence electrons. The molecule has 0 heterocycles. The van der Waals surface area contributed by atoms with Crippen molar-refractivity contribution < 1.29 is 9.53 Å². The van der Waals surface area contributed by atoms with Crippen molar-refractivity contribution in [2.24, 2.45) is 11.7 Å². The monoisotopic (exact) mass is 238 g/mol. The second-order valence-electron chi connectivity index (χ2n) is 4.33. The SMILES string of the molecule is COC(C)(C)CNC(=O)C(C)C(C)N.Cl. The summed E-state index contributed by atoms with van der Waals surface area (Å²) in [6.07, 6.45) is 0. The molecule has 1 amide bonds. The molecule has 15 heavy (non-hydrogen) atoms. The molecule has 0 aromatic carbocycles. The van der Waals surface area contributed by atoms with E-state index in [0.717, 1.165) is 0 Å². The van der Waals surface area contributed by atoms with Crippen LogP contribution in [0.3, 0.4) is 0 Å². The summed E-state index contributed by atoms with van der Waals surface area (Å²) in [4.78, 5) is 11.5. The number of hydrogen-bond acceptors (Lipinski definition) is 3. The number of nitrogens with one attached hydrogen (secondary N) is 1.